The molecule has 1 fully saturated rings. The van der Waals surface area contributed by atoms with E-state index in [0.717, 1.165) is 13.0 Å². The normalized spacial score (nSPS) is 22.7. The van der Waals surface area contributed by atoms with Crippen LogP contribution >= 0.6 is 0 Å². The molecule has 5 nitrogen and oxygen atoms in total. The summed E-state index contributed by atoms with van der Waals surface area (Å²) in [6.45, 7) is 6.03. The van der Waals surface area contributed by atoms with Crippen molar-refractivity contribution in [3.05, 3.63) is 0 Å². The van der Waals surface area contributed by atoms with E-state index in [0.29, 0.717) is 38.3 Å². The second kappa shape index (κ2) is 8.15. The second-order valence-corrected chi connectivity index (χ2v) is 5.63. The minimum Gasteiger partial charge on any atom is -0.481 e. The van der Waals surface area contributed by atoms with Gasteiger partial charge in [-0.2, -0.15) is 0 Å². The summed E-state index contributed by atoms with van der Waals surface area (Å²) >= 11 is 0. The molecule has 1 aliphatic rings. The van der Waals surface area contributed by atoms with Crippen LogP contribution in [0.3, 0.4) is 0 Å². The fraction of sp³-hybridized carbons (Fsp3) is 0.857. The van der Waals surface area contributed by atoms with E-state index in [1.165, 1.54) is 0 Å². The van der Waals surface area contributed by atoms with Gasteiger partial charge in [-0.1, -0.05) is 13.8 Å². The Morgan fingerprint density at radius 1 is 1.26 bits per heavy atom. The van der Waals surface area contributed by atoms with E-state index in [2.05, 4.69) is 19.2 Å². The third-order valence-corrected chi connectivity index (χ3v) is 3.54. The number of carbonyl (C=O) groups is 2. The minimum atomic E-state index is -0.785. The Bertz CT molecular complexity index is 304. The molecular formula is C14H25NO4. The van der Waals surface area contributed by atoms with Crippen LogP contribution in [0.1, 0.15) is 39.5 Å². The maximum Gasteiger partial charge on any atom is 0.306 e. The van der Waals surface area contributed by atoms with Crippen LogP contribution < -0.4 is 5.32 Å². The molecule has 1 rings (SSSR count). The fourth-order valence-electron chi connectivity index (χ4n) is 2.26. The van der Waals surface area contributed by atoms with Gasteiger partial charge >= 0.3 is 5.97 Å². The molecule has 5 heteroatoms. The monoisotopic (exact) mass is 271 g/mol. The molecule has 0 aliphatic heterocycles. The van der Waals surface area contributed by atoms with Gasteiger partial charge in [0.2, 0.25) is 5.91 Å². The zero-order chi connectivity index (χ0) is 14.3. The van der Waals surface area contributed by atoms with Crippen molar-refractivity contribution < 1.29 is 19.4 Å². The molecule has 1 aliphatic carbocycles. The Balaban J connectivity index is 2.07. The molecule has 2 unspecified atom stereocenters. The molecule has 110 valence electrons. The first-order chi connectivity index (χ1) is 9.00. The van der Waals surface area contributed by atoms with Crippen LogP contribution in [0, 0.1) is 17.8 Å². The van der Waals surface area contributed by atoms with E-state index >= 15 is 0 Å². The van der Waals surface area contributed by atoms with Crippen molar-refractivity contribution in [1.29, 1.82) is 0 Å². The third kappa shape index (κ3) is 6.05. The highest BCUT2D eigenvalue weighted by Gasteiger charge is 2.33. The van der Waals surface area contributed by atoms with E-state index in [-0.39, 0.29) is 17.7 Å². The third-order valence-electron chi connectivity index (χ3n) is 3.54. The molecule has 0 heterocycles. The molecular weight excluding hydrogens is 246 g/mol. The average Bonchev–Trinajstić information content (AvgIpc) is 2.82. The highest BCUT2D eigenvalue weighted by molar-refractivity contribution is 5.80. The maximum absolute atomic E-state index is 11.8. The van der Waals surface area contributed by atoms with E-state index in [1.54, 1.807) is 0 Å². The summed E-state index contributed by atoms with van der Waals surface area (Å²) in [4.78, 5) is 22.6. The summed E-state index contributed by atoms with van der Waals surface area (Å²) in [5, 5.41) is 11.7. The van der Waals surface area contributed by atoms with Gasteiger partial charge in [0.05, 0.1) is 12.5 Å². The molecule has 0 spiro atoms. The number of nitrogens with one attached hydrogen (secondary N) is 1. The maximum atomic E-state index is 11.8. The number of ether oxygens (including phenoxy) is 1. The fourth-order valence-corrected chi connectivity index (χ4v) is 2.26. The van der Waals surface area contributed by atoms with Crippen LogP contribution in [0.4, 0.5) is 0 Å². The van der Waals surface area contributed by atoms with Crippen molar-refractivity contribution in [3.8, 4) is 0 Å². The van der Waals surface area contributed by atoms with Crippen LogP contribution in [0.15, 0.2) is 0 Å². The lowest BCUT2D eigenvalue weighted by Crippen LogP contribution is -2.32. The number of carboxylic acid groups (broad SMARTS) is 1. The van der Waals surface area contributed by atoms with Crippen LogP contribution in [0.25, 0.3) is 0 Å². The number of rotatable bonds is 8. The van der Waals surface area contributed by atoms with Gasteiger partial charge in [0, 0.05) is 19.1 Å². The minimum absolute atomic E-state index is 0.0313. The van der Waals surface area contributed by atoms with Gasteiger partial charge in [-0.25, -0.2) is 0 Å². The Hall–Kier alpha value is -1.10. The van der Waals surface area contributed by atoms with Gasteiger partial charge in [0.25, 0.3) is 0 Å². The smallest absolute Gasteiger partial charge is 0.306 e. The zero-order valence-corrected chi connectivity index (χ0v) is 11.9. The van der Waals surface area contributed by atoms with E-state index in [1.807, 2.05) is 0 Å². The van der Waals surface area contributed by atoms with Crippen molar-refractivity contribution in [1.82, 2.24) is 5.32 Å². The van der Waals surface area contributed by atoms with Gasteiger partial charge in [-0.3, -0.25) is 9.59 Å². The lowest BCUT2D eigenvalue weighted by Gasteiger charge is -2.11. The summed E-state index contributed by atoms with van der Waals surface area (Å²) in [5.41, 5.74) is 0. The topological polar surface area (TPSA) is 75.6 Å². The first kappa shape index (κ1) is 16.0. The van der Waals surface area contributed by atoms with E-state index in [4.69, 9.17) is 9.84 Å². The number of amides is 1. The van der Waals surface area contributed by atoms with Crippen LogP contribution in [-0.4, -0.2) is 36.7 Å². The lowest BCUT2D eigenvalue weighted by atomic mass is 10.0. The summed E-state index contributed by atoms with van der Waals surface area (Å²) in [6, 6.07) is 0. The van der Waals surface area contributed by atoms with Gasteiger partial charge in [0.15, 0.2) is 0 Å². The molecule has 2 N–H and O–H groups in total. The van der Waals surface area contributed by atoms with Gasteiger partial charge in [0.1, 0.15) is 0 Å². The largest absolute Gasteiger partial charge is 0.481 e. The summed E-state index contributed by atoms with van der Waals surface area (Å²) in [6.07, 6.45) is 2.78. The number of aliphatic carboxylic acids is 1. The average molecular weight is 271 g/mol. The second-order valence-electron chi connectivity index (χ2n) is 5.63. The quantitative estimate of drug-likeness (QED) is 0.658. The van der Waals surface area contributed by atoms with Gasteiger partial charge in [-0.15, -0.1) is 0 Å². The number of hydrogen-bond acceptors (Lipinski definition) is 3. The molecule has 1 saturated carbocycles. The molecule has 0 saturated heterocycles. The Kier molecular flexibility index (Phi) is 6.84. The van der Waals surface area contributed by atoms with Crippen molar-refractivity contribution in [2.45, 2.75) is 39.5 Å². The number of hydrogen-bond donors (Lipinski definition) is 2. The SMILES string of the molecule is CC(C)CCOCCNC(=O)C1CCC(C(=O)O)C1. The Morgan fingerprint density at radius 2 is 1.95 bits per heavy atom. The predicted octanol–water partition coefficient (Wildman–Crippen LogP) is 1.67. The highest BCUT2D eigenvalue weighted by atomic mass is 16.5. The zero-order valence-electron chi connectivity index (χ0n) is 11.9. The lowest BCUT2D eigenvalue weighted by molar-refractivity contribution is -0.141. The molecule has 2 atom stereocenters. The van der Waals surface area contributed by atoms with Gasteiger partial charge in [-0.05, 0) is 31.6 Å². The van der Waals surface area contributed by atoms with Crippen LogP contribution in [0.2, 0.25) is 0 Å². The Labute approximate surface area is 114 Å². The Morgan fingerprint density at radius 3 is 2.53 bits per heavy atom. The molecule has 0 aromatic rings. The number of carbonyl (C=O) groups excluding carboxylic acids is 1. The summed E-state index contributed by atoms with van der Waals surface area (Å²) in [7, 11) is 0. The molecule has 0 bridgehead atoms. The molecule has 19 heavy (non-hydrogen) atoms. The van der Waals surface area contributed by atoms with E-state index in [9.17, 15) is 9.59 Å². The molecule has 0 aromatic heterocycles. The van der Waals surface area contributed by atoms with Gasteiger partial charge < -0.3 is 15.2 Å². The highest BCUT2D eigenvalue weighted by Crippen LogP contribution is 2.30. The molecule has 0 aromatic carbocycles. The van der Waals surface area contributed by atoms with Crippen molar-refractivity contribution in [2.75, 3.05) is 19.8 Å². The molecule has 1 amide bonds. The van der Waals surface area contributed by atoms with Crippen LogP contribution in [-0.2, 0) is 14.3 Å². The van der Waals surface area contributed by atoms with Crippen molar-refractivity contribution in [3.63, 3.8) is 0 Å². The predicted molar refractivity (Wildman–Crippen MR) is 71.8 cm³/mol. The van der Waals surface area contributed by atoms with Crippen molar-refractivity contribution in [2.24, 2.45) is 17.8 Å². The first-order valence-corrected chi connectivity index (χ1v) is 7.09. The van der Waals surface area contributed by atoms with E-state index < -0.39 is 5.97 Å². The van der Waals surface area contributed by atoms with Crippen LogP contribution in [0.5, 0.6) is 0 Å². The molecule has 0 radical (unpaired) electrons. The first-order valence-electron chi connectivity index (χ1n) is 7.09. The van der Waals surface area contributed by atoms with Crippen molar-refractivity contribution >= 4 is 11.9 Å². The number of carboxylic acids is 1. The summed E-state index contributed by atoms with van der Waals surface area (Å²) in [5.74, 6) is -0.681. The standard InChI is InChI=1S/C14H25NO4/c1-10(2)5-7-19-8-6-15-13(16)11-3-4-12(9-11)14(17)18/h10-12H,3-9H2,1-2H3,(H,15,16)(H,17,18). The summed E-state index contributed by atoms with van der Waals surface area (Å²) < 4.78 is 5.41.